The number of rotatable bonds is 12. The zero-order valence-electron chi connectivity index (χ0n) is 22.9. The van der Waals surface area contributed by atoms with Gasteiger partial charge in [0.25, 0.3) is 0 Å². The molecular formula is C33H38O5. The monoisotopic (exact) mass is 514 g/mol. The molecule has 3 aromatic rings. The van der Waals surface area contributed by atoms with E-state index in [4.69, 9.17) is 18.9 Å². The number of benzene rings is 3. The summed E-state index contributed by atoms with van der Waals surface area (Å²) in [7, 11) is 0. The Labute approximate surface area is 226 Å². The molecule has 0 spiro atoms. The third kappa shape index (κ3) is 6.91. The molecule has 200 valence electrons. The van der Waals surface area contributed by atoms with E-state index in [1.807, 2.05) is 31.2 Å². The molecule has 4 rings (SSSR count). The van der Waals surface area contributed by atoms with E-state index < -0.39 is 6.10 Å². The van der Waals surface area contributed by atoms with Crippen molar-refractivity contribution in [1.29, 1.82) is 0 Å². The molecule has 0 radical (unpaired) electrons. The molecule has 0 heterocycles. The first-order valence-electron chi connectivity index (χ1n) is 13.5. The predicted octanol–water partition coefficient (Wildman–Crippen LogP) is 6.74. The Morgan fingerprint density at radius 2 is 1.58 bits per heavy atom. The Kier molecular flexibility index (Phi) is 9.74. The molecule has 0 bridgehead atoms. The minimum absolute atomic E-state index is 0.161. The van der Waals surface area contributed by atoms with Crippen molar-refractivity contribution in [3.8, 4) is 5.75 Å². The van der Waals surface area contributed by atoms with Crippen LogP contribution in [0, 0.1) is 6.92 Å². The van der Waals surface area contributed by atoms with Crippen molar-refractivity contribution < 1.29 is 23.7 Å². The van der Waals surface area contributed by atoms with Gasteiger partial charge >= 0.3 is 5.97 Å². The molecular weight excluding hydrogens is 476 g/mol. The third-order valence-electron chi connectivity index (χ3n) is 6.71. The maximum absolute atomic E-state index is 12.1. The molecule has 0 saturated carbocycles. The normalized spacial score (nSPS) is 14.8. The second kappa shape index (κ2) is 13.4. The number of carbonyl (C=O) groups excluding carboxylic acids is 1. The highest BCUT2D eigenvalue weighted by Crippen LogP contribution is 2.36. The van der Waals surface area contributed by atoms with Crippen molar-refractivity contribution >= 4 is 18.1 Å². The van der Waals surface area contributed by atoms with Crippen LogP contribution in [-0.2, 0) is 31.8 Å². The van der Waals surface area contributed by atoms with Gasteiger partial charge < -0.3 is 18.9 Å². The number of carbonyl (C=O) groups is 1. The standard InChI is InChI=1S/C33H38O5/c1-5-24-9-12-26-13-14-27-20-23(4)8-17-29(27)32(30(26)21-24)38-19-18-37-28-15-10-25(11-16-28)22-31(35-6-2)33(34)36-7-3/h8-17,20-21,31-32H,5-7,18-19,22H2,1-4H3. The molecule has 0 N–H and O–H groups in total. The third-order valence-corrected chi connectivity index (χ3v) is 6.71. The minimum atomic E-state index is -0.600. The van der Waals surface area contributed by atoms with Crippen LogP contribution in [0.5, 0.6) is 5.75 Å². The summed E-state index contributed by atoms with van der Waals surface area (Å²) in [4.78, 5) is 12.1. The topological polar surface area (TPSA) is 54.0 Å². The molecule has 0 aliphatic heterocycles. The molecule has 5 heteroatoms. The molecule has 0 saturated heterocycles. The summed E-state index contributed by atoms with van der Waals surface area (Å²) in [5.74, 6) is 0.429. The second-order valence-electron chi connectivity index (χ2n) is 9.43. The van der Waals surface area contributed by atoms with E-state index in [1.54, 1.807) is 6.92 Å². The maximum atomic E-state index is 12.1. The fourth-order valence-electron chi connectivity index (χ4n) is 4.73. The van der Waals surface area contributed by atoms with E-state index >= 15 is 0 Å². The van der Waals surface area contributed by atoms with Crippen LogP contribution < -0.4 is 4.74 Å². The Morgan fingerprint density at radius 3 is 2.32 bits per heavy atom. The fraction of sp³-hybridized carbons (Fsp3) is 0.364. The second-order valence-corrected chi connectivity index (χ2v) is 9.43. The number of hydrogen-bond acceptors (Lipinski definition) is 5. The van der Waals surface area contributed by atoms with Crippen LogP contribution >= 0.6 is 0 Å². The Morgan fingerprint density at radius 1 is 0.816 bits per heavy atom. The summed E-state index contributed by atoms with van der Waals surface area (Å²) in [5, 5.41) is 0. The van der Waals surface area contributed by atoms with Gasteiger partial charge in [-0.15, -0.1) is 0 Å². The van der Waals surface area contributed by atoms with E-state index in [1.165, 1.54) is 33.4 Å². The van der Waals surface area contributed by atoms with Crippen molar-refractivity contribution in [3.63, 3.8) is 0 Å². The van der Waals surface area contributed by atoms with E-state index in [-0.39, 0.29) is 12.1 Å². The molecule has 1 aliphatic rings. The molecule has 2 unspecified atom stereocenters. The van der Waals surface area contributed by atoms with Crippen molar-refractivity contribution in [2.24, 2.45) is 0 Å². The highest BCUT2D eigenvalue weighted by Gasteiger charge is 2.23. The van der Waals surface area contributed by atoms with E-state index in [0.29, 0.717) is 32.8 Å². The molecule has 0 amide bonds. The van der Waals surface area contributed by atoms with Crippen molar-refractivity contribution in [1.82, 2.24) is 0 Å². The molecule has 38 heavy (non-hydrogen) atoms. The minimum Gasteiger partial charge on any atom is -0.491 e. The fourth-order valence-corrected chi connectivity index (χ4v) is 4.73. The van der Waals surface area contributed by atoms with Crippen molar-refractivity contribution in [2.75, 3.05) is 26.4 Å². The quantitative estimate of drug-likeness (QED) is 0.198. The lowest BCUT2D eigenvalue weighted by atomic mass is 9.93. The summed E-state index contributed by atoms with van der Waals surface area (Å²) in [6, 6.07) is 20.9. The van der Waals surface area contributed by atoms with Gasteiger partial charge in [0.15, 0.2) is 6.10 Å². The van der Waals surface area contributed by atoms with Gasteiger partial charge in [0.2, 0.25) is 0 Å². The van der Waals surface area contributed by atoms with Crippen LogP contribution in [0.25, 0.3) is 12.2 Å². The largest absolute Gasteiger partial charge is 0.491 e. The first-order valence-corrected chi connectivity index (χ1v) is 13.5. The molecule has 5 nitrogen and oxygen atoms in total. The number of aryl methyl sites for hydroxylation is 2. The number of ether oxygens (including phenoxy) is 4. The van der Waals surface area contributed by atoms with E-state index in [0.717, 1.165) is 17.7 Å². The molecule has 3 aromatic carbocycles. The highest BCUT2D eigenvalue weighted by molar-refractivity contribution is 5.77. The number of fused-ring (bicyclic) bond motifs is 2. The van der Waals surface area contributed by atoms with Crippen molar-refractivity contribution in [3.05, 3.63) is 99.6 Å². The zero-order chi connectivity index (χ0) is 26.9. The Hall–Kier alpha value is -3.41. The smallest absolute Gasteiger partial charge is 0.335 e. The van der Waals surface area contributed by atoms with Gasteiger partial charge in [0, 0.05) is 13.0 Å². The highest BCUT2D eigenvalue weighted by atomic mass is 16.6. The first kappa shape index (κ1) is 27.6. The lowest BCUT2D eigenvalue weighted by Gasteiger charge is -2.22. The van der Waals surface area contributed by atoms with Gasteiger partial charge in [0.1, 0.15) is 18.5 Å². The SMILES string of the molecule is CCOC(=O)C(Cc1ccc(OCCOC2c3ccc(C)cc3C=Cc3ccc(CC)cc32)cc1)OCC. The van der Waals surface area contributed by atoms with Crippen LogP contribution in [0.1, 0.15) is 65.8 Å². The lowest BCUT2D eigenvalue weighted by Crippen LogP contribution is -2.28. The van der Waals surface area contributed by atoms with E-state index in [2.05, 4.69) is 62.4 Å². The summed E-state index contributed by atoms with van der Waals surface area (Å²) in [6.07, 6.45) is 5.06. The molecule has 0 fully saturated rings. The number of hydrogen-bond donors (Lipinski definition) is 0. The summed E-state index contributed by atoms with van der Waals surface area (Å²) in [5.41, 5.74) is 8.26. The summed E-state index contributed by atoms with van der Waals surface area (Å²) < 4.78 is 23.2. The van der Waals surface area contributed by atoms with Crippen molar-refractivity contribution in [2.45, 2.75) is 52.7 Å². The average Bonchev–Trinajstić information content (AvgIpc) is 3.07. The number of esters is 1. The predicted molar refractivity (Wildman–Crippen MR) is 151 cm³/mol. The summed E-state index contributed by atoms with van der Waals surface area (Å²) >= 11 is 0. The van der Waals surface area contributed by atoms with Gasteiger partial charge in [0.05, 0.1) is 13.2 Å². The first-order chi connectivity index (χ1) is 18.5. The van der Waals surface area contributed by atoms with Gasteiger partial charge in [-0.2, -0.15) is 0 Å². The van der Waals surface area contributed by atoms with Crippen LogP contribution in [0.3, 0.4) is 0 Å². The van der Waals surface area contributed by atoms with Crippen LogP contribution in [0.4, 0.5) is 0 Å². The van der Waals surface area contributed by atoms with Crippen LogP contribution in [0.2, 0.25) is 0 Å². The lowest BCUT2D eigenvalue weighted by molar-refractivity contribution is -0.156. The summed E-state index contributed by atoms with van der Waals surface area (Å²) in [6.45, 7) is 9.63. The molecule has 1 aliphatic carbocycles. The average molecular weight is 515 g/mol. The zero-order valence-corrected chi connectivity index (χ0v) is 22.9. The molecule has 2 atom stereocenters. The van der Waals surface area contributed by atoms with Gasteiger partial charge in [-0.05, 0) is 72.7 Å². The van der Waals surface area contributed by atoms with E-state index in [9.17, 15) is 4.79 Å². The Balaban J connectivity index is 1.40. The van der Waals surface area contributed by atoms with Gasteiger partial charge in [-0.3, -0.25) is 0 Å². The molecule has 0 aromatic heterocycles. The van der Waals surface area contributed by atoms with Crippen LogP contribution in [0.15, 0.2) is 60.7 Å². The maximum Gasteiger partial charge on any atom is 0.335 e. The van der Waals surface area contributed by atoms with Crippen LogP contribution in [-0.4, -0.2) is 38.5 Å². The van der Waals surface area contributed by atoms with Gasteiger partial charge in [-0.1, -0.05) is 73.2 Å². The van der Waals surface area contributed by atoms with Gasteiger partial charge in [-0.25, -0.2) is 4.79 Å². The Bertz CT molecular complexity index is 1240.